The molecule has 0 bridgehead atoms. The number of carbonyl (C=O) groups excluding carboxylic acids is 1. The minimum atomic E-state index is 0.0332. The molecule has 1 aromatic heterocycles. The second kappa shape index (κ2) is 7.75. The zero-order valence-corrected chi connectivity index (χ0v) is 13.8. The molecule has 2 aliphatic heterocycles. The molecule has 126 valence electrons. The molecule has 0 aromatic carbocycles. The van der Waals surface area contributed by atoms with E-state index in [4.69, 9.17) is 4.74 Å². The van der Waals surface area contributed by atoms with Gasteiger partial charge in [0.15, 0.2) is 0 Å². The molecule has 1 atom stereocenters. The number of aromatic nitrogens is 1. The number of morpholine rings is 1. The van der Waals surface area contributed by atoms with Crippen molar-refractivity contribution >= 4 is 6.03 Å². The van der Waals surface area contributed by atoms with Gasteiger partial charge in [-0.05, 0) is 31.4 Å². The highest BCUT2D eigenvalue weighted by molar-refractivity contribution is 5.74. The van der Waals surface area contributed by atoms with E-state index in [0.717, 1.165) is 63.5 Å². The fourth-order valence-electron chi connectivity index (χ4n) is 3.34. The van der Waals surface area contributed by atoms with E-state index in [1.165, 1.54) is 0 Å². The van der Waals surface area contributed by atoms with E-state index in [-0.39, 0.29) is 6.03 Å². The van der Waals surface area contributed by atoms with Gasteiger partial charge in [-0.3, -0.25) is 9.88 Å². The lowest BCUT2D eigenvalue weighted by Crippen LogP contribution is -2.49. The van der Waals surface area contributed by atoms with Crippen LogP contribution < -0.4 is 5.32 Å². The Morgan fingerprint density at radius 3 is 3.00 bits per heavy atom. The molecule has 0 aliphatic carbocycles. The summed E-state index contributed by atoms with van der Waals surface area (Å²) in [6, 6.07) is 4.29. The topological polar surface area (TPSA) is 57.7 Å². The lowest BCUT2D eigenvalue weighted by Gasteiger charge is -2.32. The molecular formula is C17H26N4O2. The summed E-state index contributed by atoms with van der Waals surface area (Å²) < 4.78 is 5.40. The van der Waals surface area contributed by atoms with Gasteiger partial charge in [-0.1, -0.05) is 6.07 Å². The van der Waals surface area contributed by atoms with Gasteiger partial charge < -0.3 is 15.0 Å². The first kappa shape index (κ1) is 16.2. The van der Waals surface area contributed by atoms with Gasteiger partial charge in [-0.25, -0.2) is 4.79 Å². The molecule has 0 saturated carbocycles. The van der Waals surface area contributed by atoms with Crippen LogP contribution in [0.1, 0.15) is 24.1 Å². The van der Waals surface area contributed by atoms with Crippen LogP contribution in [0.25, 0.3) is 0 Å². The van der Waals surface area contributed by atoms with E-state index in [2.05, 4.69) is 15.2 Å². The van der Waals surface area contributed by atoms with Crippen LogP contribution in [0, 0.1) is 6.92 Å². The quantitative estimate of drug-likeness (QED) is 0.912. The molecule has 2 amide bonds. The zero-order chi connectivity index (χ0) is 16.1. The number of pyridine rings is 1. The molecule has 3 rings (SSSR count). The van der Waals surface area contributed by atoms with Gasteiger partial charge in [0.1, 0.15) is 0 Å². The second-order valence-corrected chi connectivity index (χ2v) is 6.33. The first-order chi connectivity index (χ1) is 11.2. The summed E-state index contributed by atoms with van der Waals surface area (Å²) >= 11 is 0. The number of aryl methyl sites for hydroxylation is 1. The van der Waals surface area contributed by atoms with Crippen LogP contribution in [-0.4, -0.2) is 66.2 Å². The Morgan fingerprint density at radius 1 is 1.39 bits per heavy atom. The molecule has 6 nitrogen and oxygen atoms in total. The smallest absolute Gasteiger partial charge is 0.318 e. The predicted molar refractivity (Wildman–Crippen MR) is 88.2 cm³/mol. The van der Waals surface area contributed by atoms with E-state index >= 15 is 0 Å². The van der Waals surface area contributed by atoms with Crippen molar-refractivity contribution in [3.63, 3.8) is 0 Å². The highest BCUT2D eigenvalue weighted by atomic mass is 16.5. The first-order valence-electron chi connectivity index (χ1n) is 8.49. The molecule has 0 unspecified atom stereocenters. The third kappa shape index (κ3) is 4.20. The third-order valence-electron chi connectivity index (χ3n) is 4.74. The van der Waals surface area contributed by atoms with Crippen LogP contribution in [0.15, 0.2) is 18.3 Å². The maximum absolute atomic E-state index is 12.5. The van der Waals surface area contributed by atoms with Crippen molar-refractivity contribution in [2.75, 3.05) is 39.4 Å². The Hall–Kier alpha value is -1.66. The summed E-state index contributed by atoms with van der Waals surface area (Å²) in [6.45, 7) is 7.87. The maximum Gasteiger partial charge on any atom is 0.318 e. The van der Waals surface area contributed by atoms with Gasteiger partial charge in [-0.2, -0.15) is 0 Å². The number of hydrogen-bond donors (Lipinski definition) is 1. The summed E-state index contributed by atoms with van der Waals surface area (Å²) in [5.41, 5.74) is 2.05. The van der Waals surface area contributed by atoms with Crippen molar-refractivity contribution in [2.45, 2.75) is 32.4 Å². The number of nitrogens with one attached hydrogen (secondary N) is 1. The van der Waals surface area contributed by atoms with Gasteiger partial charge in [-0.15, -0.1) is 0 Å². The number of amides is 2. The fraction of sp³-hybridized carbons (Fsp3) is 0.647. The Balaban J connectivity index is 1.52. The Bertz CT molecular complexity index is 531. The molecule has 0 spiro atoms. The van der Waals surface area contributed by atoms with Crippen molar-refractivity contribution in [2.24, 2.45) is 0 Å². The van der Waals surface area contributed by atoms with Crippen LogP contribution in [0.3, 0.4) is 0 Å². The molecule has 6 heteroatoms. The van der Waals surface area contributed by atoms with Crippen molar-refractivity contribution in [1.29, 1.82) is 0 Å². The Morgan fingerprint density at radius 2 is 2.22 bits per heavy atom. The predicted octanol–water partition coefficient (Wildman–Crippen LogP) is 1.40. The summed E-state index contributed by atoms with van der Waals surface area (Å²) in [6.07, 6.45) is 3.95. The number of likely N-dealkylation sites (tertiary alicyclic amines) is 1. The minimum Gasteiger partial charge on any atom is -0.379 e. The molecule has 3 heterocycles. The first-order valence-corrected chi connectivity index (χ1v) is 8.49. The monoisotopic (exact) mass is 318 g/mol. The van der Waals surface area contributed by atoms with Gasteiger partial charge in [0.25, 0.3) is 0 Å². The van der Waals surface area contributed by atoms with E-state index < -0.39 is 0 Å². The van der Waals surface area contributed by atoms with E-state index in [9.17, 15) is 4.79 Å². The number of carbonyl (C=O) groups is 1. The largest absolute Gasteiger partial charge is 0.379 e. The SMILES string of the molecule is Cc1cccnc1CNC(=O)N1CCC[C@H]1CN1CCOCC1. The average molecular weight is 318 g/mol. The molecule has 23 heavy (non-hydrogen) atoms. The standard InChI is InChI=1S/C17H26N4O2/c1-14-4-2-6-18-16(14)12-19-17(22)21-7-3-5-15(21)13-20-8-10-23-11-9-20/h2,4,6,15H,3,5,7-13H2,1H3,(H,19,22)/t15-/m0/s1. The summed E-state index contributed by atoms with van der Waals surface area (Å²) in [7, 11) is 0. The van der Waals surface area contributed by atoms with Crippen molar-refractivity contribution in [1.82, 2.24) is 20.1 Å². The van der Waals surface area contributed by atoms with E-state index in [1.54, 1.807) is 6.20 Å². The van der Waals surface area contributed by atoms with Crippen LogP contribution >= 0.6 is 0 Å². The maximum atomic E-state index is 12.5. The molecule has 2 aliphatic rings. The Kier molecular flexibility index (Phi) is 5.46. The molecule has 1 N–H and O–H groups in total. The van der Waals surface area contributed by atoms with Crippen LogP contribution in [0.5, 0.6) is 0 Å². The van der Waals surface area contributed by atoms with Crippen LogP contribution in [0.2, 0.25) is 0 Å². The molecule has 2 fully saturated rings. The van der Waals surface area contributed by atoms with Crippen LogP contribution in [-0.2, 0) is 11.3 Å². The lowest BCUT2D eigenvalue weighted by molar-refractivity contribution is 0.0292. The summed E-state index contributed by atoms with van der Waals surface area (Å²) in [5.74, 6) is 0. The molecule has 1 aromatic rings. The van der Waals surface area contributed by atoms with Crippen LogP contribution in [0.4, 0.5) is 4.79 Å². The second-order valence-electron chi connectivity index (χ2n) is 6.33. The fourth-order valence-corrected chi connectivity index (χ4v) is 3.34. The molecule has 0 radical (unpaired) electrons. The minimum absolute atomic E-state index is 0.0332. The highest BCUT2D eigenvalue weighted by Gasteiger charge is 2.30. The number of ether oxygens (including phenoxy) is 1. The highest BCUT2D eigenvalue weighted by Crippen LogP contribution is 2.19. The number of rotatable bonds is 4. The number of hydrogen-bond acceptors (Lipinski definition) is 4. The van der Waals surface area contributed by atoms with E-state index in [0.29, 0.717) is 12.6 Å². The molecular weight excluding hydrogens is 292 g/mol. The zero-order valence-electron chi connectivity index (χ0n) is 13.8. The van der Waals surface area contributed by atoms with Crippen molar-refractivity contribution < 1.29 is 9.53 Å². The van der Waals surface area contributed by atoms with Crippen molar-refractivity contribution in [3.8, 4) is 0 Å². The van der Waals surface area contributed by atoms with Gasteiger partial charge in [0.2, 0.25) is 0 Å². The van der Waals surface area contributed by atoms with Gasteiger partial charge in [0, 0.05) is 38.4 Å². The summed E-state index contributed by atoms with van der Waals surface area (Å²) in [4.78, 5) is 21.3. The molecule has 2 saturated heterocycles. The normalized spacial score (nSPS) is 22.3. The lowest BCUT2D eigenvalue weighted by atomic mass is 10.2. The number of urea groups is 1. The van der Waals surface area contributed by atoms with Gasteiger partial charge >= 0.3 is 6.03 Å². The number of nitrogens with zero attached hydrogens (tertiary/aromatic N) is 3. The third-order valence-corrected chi connectivity index (χ3v) is 4.74. The average Bonchev–Trinajstić information content (AvgIpc) is 3.03. The van der Waals surface area contributed by atoms with Gasteiger partial charge in [0.05, 0.1) is 25.5 Å². The van der Waals surface area contributed by atoms with Crippen molar-refractivity contribution in [3.05, 3.63) is 29.6 Å². The van der Waals surface area contributed by atoms with E-state index in [1.807, 2.05) is 24.0 Å². The summed E-state index contributed by atoms with van der Waals surface area (Å²) in [5, 5.41) is 3.03. The Labute approximate surface area is 137 Å².